The van der Waals surface area contributed by atoms with Crippen LogP contribution in [0.3, 0.4) is 0 Å². The fourth-order valence-electron chi connectivity index (χ4n) is 3.06. The Morgan fingerprint density at radius 1 is 1.06 bits per heavy atom. The van der Waals surface area contributed by atoms with E-state index in [2.05, 4.69) is 29.0 Å². The van der Waals surface area contributed by atoms with Gasteiger partial charge in [0.1, 0.15) is 0 Å². The second-order valence-electron chi connectivity index (χ2n) is 6.14. The predicted molar refractivity (Wildman–Crippen MR) is 73.4 cm³/mol. The van der Waals surface area contributed by atoms with E-state index in [0.29, 0.717) is 0 Å². The van der Waals surface area contributed by atoms with E-state index < -0.39 is 0 Å². The number of rotatable bonds is 4. The zero-order valence-electron chi connectivity index (χ0n) is 11.6. The van der Waals surface area contributed by atoms with Gasteiger partial charge in [-0.3, -0.25) is 4.90 Å². The Labute approximate surface area is 107 Å². The van der Waals surface area contributed by atoms with E-state index in [-0.39, 0.29) is 0 Å². The Bertz CT molecular complexity index is 204. The largest absolute Gasteiger partial charge is 0.313 e. The first kappa shape index (κ1) is 13.3. The van der Waals surface area contributed by atoms with Crippen LogP contribution >= 0.6 is 0 Å². The van der Waals surface area contributed by atoms with Gasteiger partial charge in [-0.05, 0) is 25.3 Å². The van der Waals surface area contributed by atoms with E-state index in [1.807, 2.05) is 0 Å². The molecule has 2 fully saturated rings. The highest BCUT2D eigenvalue weighted by Crippen LogP contribution is 2.11. The molecule has 0 aromatic rings. The first-order valence-electron chi connectivity index (χ1n) is 7.42. The third kappa shape index (κ3) is 4.57. The maximum absolute atomic E-state index is 3.65. The van der Waals surface area contributed by atoms with Crippen LogP contribution in [0.15, 0.2) is 0 Å². The molecule has 2 rings (SSSR count). The topological polar surface area (TPSA) is 18.5 Å². The van der Waals surface area contributed by atoms with Crippen molar-refractivity contribution >= 4 is 0 Å². The summed E-state index contributed by atoms with van der Waals surface area (Å²) in [5.74, 6) is 0.807. The van der Waals surface area contributed by atoms with E-state index >= 15 is 0 Å². The second kappa shape index (κ2) is 6.72. The molecule has 0 aliphatic carbocycles. The van der Waals surface area contributed by atoms with E-state index in [4.69, 9.17) is 0 Å². The molecule has 3 heteroatoms. The number of hydrogen-bond acceptors (Lipinski definition) is 3. The number of piperazine rings is 1. The van der Waals surface area contributed by atoms with Gasteiger partial charge in [-0.2, -0.15) is 0 Å². The van der Waals surface area contributed by atoms with Gasteiger partial charge < -0.3 is 10.2 Å². The van der Waals surface area contributed by atoms with Crippen molar-refractivity contribution in [2.45, 2.75) is 39.2 Å². The maximum Gasteiger partial charge on any atom is 0.0195 e. The summed E-state index contributed by atoms with van der Waals surface area (Å²) in [5.41, 5.74) is 0. The highest BCUT2D eigenvalue weighted by Gasteiger charge is 2.21. The van der Waals surface area contributed by atoms with Crippen LogP contribution in [0.1, 0.15) is 33.1 Å². The molecule has 0 bridgehead atoms. The molecule has 1 unspecified atom stereocenters. The lowest BCUT2D eigenvalue weighted by Gasteiger charge is -2.38. The molecule has 0 amide bonds. The van der Waals surface area contributed by atoms with E-state index in [1.165, 1.54) is 65.1 Å². The fraction of sp³-hybridized carbons (Fsp3) is 1.00. The molecule has 0 aromatic heterocycles. The van der Waals surface area contributed by atoms with Crippen LogP contribution in [-0.4, -0.2) is 61.7 Å². The van der Waals surface area contributed by atoms with Crippen molar-refractivity contribution in [1.29, 1.82) is 0 Å². The summed E-state index contributed by atoms with van der Waals surface area (Å²) >= 11 is 0. The van der Waals surface area contributed by atoms with E-state index in [1.54, 1.807) is 0 Å². The molecule has 0 aromatic carbocycles. The van der Waals surface area contributed by atoms with Crippen molar-refractivity contribution in [2.75, 3.05) is 45.8 Å². The van der Waals surface area contributed by atoms with Gasteiger partial charge in [0.2, 0.25) is 0 Å². The SMILES string of the molecule is CC(C)CN1CCN(CC2CCCCN2)CC1. The van der Waals surface area contributed by atoms with Crippen molar-refractivity contribution in [1.82, 2.24) is 15.1 Å². The molecule has 1 N–H and O–H groups in total. The summed E-state index contributed by atoms with van der Waals surface area (Å²) < 4.78 is 0. The fourth-order valence-corrected chi connectivity index (χ4v) is 3.06. The highest BCUT2D eigenvalue weighted by molar-refractivity contribution is 4.79. The van der Waals surface area contributed by atoms with Gasteiger partial charge in [0, 0.05) is 45.3 Å². The van der Waals surface area contributed by atoms with Crippen molar-refractivity contribution in [2.24, 2.45) is 5.92 Å². The summed E-state index contributed by atoms with van der Waals surface area (Å²) in [6.45, 7) is 13.5. The van der Waals surface area contributed by atoms with Crippen LogP contribution < -0.4 is 5.32 Å². The highest BCUT2D eigenvalue weighted by atomic mass is 15.3. The lowest BCUT2D eigenvalue weighted by atomic mass is 10.0. The molecule has 2 aliphatic rings. The molecule has 0 spiro atoms. The number of nitrogens with zero attached hydrogens (tertiary/aromatic N) is 2. The first-order chi connectivity index (χ1) is 8.24. The Morgan fingerprint density at radius 2 is 1.76 bits per heavy atom. The van der Waals surface area contributed by atoms with E-state index in [9.17, 15) is 0 Å². The predicted octanol–water partition coefficient (Wildman–Crippen LogP) is 1.40. The van der Waals surface area contributed by atoms with Gasteiger partial charge in [-0.1, -0.05) is 20.3 Å². The molecule has 2 aliphatic heterocycles. The Kier molecular flexibility index (Phi) is 5.26. The summed E-state index contributed by atoms with van der Waals surface area (Å²) in [4.78, 5) is 5.27. The third-order valence-corrected chi connectivity index (χ3v) is 3.98. The van der Waals surface area contributed by atoms with Gasteiger partial charge in [0.25, 0.3) is 0 Å². The van der Waals surface area contributed by atoms with Crippen LogP contribution in [0.5, 0.6) is 0 Å². The summed E-state index contributed by atoms with van der Waals surface area (Å²) in [5, 5.41) is 3.65. The van der Waals surface area contributed by atoms with E-state index in [0.717, 1.165) is 12.0 Å². The van der Waals surface area contributed by atoms with Crippen molar-refractivity contribution in [3.05, 3.63) is 0 Å². The van der Waals surface area contributed by atoms with Gasteiger partial charge >= 0.3 is 0 Å². The molecule has 0 saturated carbocycles. The molecular weight excluding hydrogens is 210 g/mol. The third-order valence-electron chi connectivity index (χ3n) is 3.98. The zero-order valence-corrected chi connectivity index (χ0v) is 11.6. The van der Waals surface area contributed by atoms with Gasteiger partial charge in [0.15, 0.2) is 0 Å². The van der Waals surface area contributed by atoms with Crippen LogP contribution in [0.25, 0.3) is 0 Å². The number of piperidine rings is 1. The van der Waals surface area contributed by atoms with Crippen molar-refractivity contribution in [3.63, 3.8) is 0 Å². The number of hydrogen-bond donors (Lipinski definition) is 1. The summed E-state index contributed by atoms with van der Waals surface area (Å²) in [6.07, 6.45) is 4.18. The smallest absolute Gasteiger partial charge is 0.0195 e. The standard InChI is InChI=1S/C14H29N3/c1-13(2)11-16-7-9-17(10-8-16)12-14-5-3-4-6-15-14/h13-15H,3-12H2,1-2H3. The molecule has 100 valence electrons. The summed E-state index contributed by atoms with van der Waals surface area (Å²) in [6, 6.07) is 0.764. The Morgan fingerprint density at radius 3 is 2.35 bits per heavy atom. The van der Waals surface area contributed by atoms with Crippen LogP contribution in [0.2, 0.25) is 0 Å². The minimum absolute atomic E-state index is 0.764. The molecular formula is C14H29N3. The van der Waals surface area contributed by atoms with Gasteiger partial charge in [-0.15, -0.1) is 0 Å². The lowest BCUT2D eigenvalue weighted by Crippen LogP contribution is -2.52. The monoisotopic (exact) mass is 239 g/mol. The second-order valence-corrected chi connectivity index (χ2v) is 6.14. The average Bonchev–Trinajstić information content (AvgIpc) is 2.32. The minimum atomic E-state index is 0.764. The maximum atomic E-state index is 3.65. The average molecular weight is 239 g/mol. The Balaban J connectivity index is 1.64. The quantitative estimate of drug-likeness (QED) is 0.800. The number of nitrogens with one attached hydrogen (secondary N) is 1. The Hall–Kier alpha value is -0.120. The molecule has 2 saturated heterocycles. The zero-order chi connectivity index (χ0) is 12.1. The molecule has 3 nitrogen and oxygen atoms in total. The minimum Gasteiger partial charge on any atom is -0.313 e. The van der Waals surface area contributed by atoms with Crippen LogP contribution in [-0.2, 0) is 0 Å². The molecule has 2 heterocycles. The van der Waals surface area contributed by atoms with Crippen LogP contribution in [0, 0.1) is 5.92 Å². The molecule has 0 radical (unpaired) electrons. The summed E-state index contributed by atoms with van der Waals surface area (Å²) in [7, 11) is 0. The normalized spacial score (nSPS) is 28.8. The van der Waals surface area contributed by atoms with Gasteiger partial charge in [0.05, 0.1) is 0 Å². The molecule has 1 atom stereocenters. The first-order valence-corrected chi connectivity index (χ1v) is 7.42. The van der Waals surface area contributed by atoms with Crippen molar-refractivity contribution in [3.8, 4) is 0 Å². The van der Waals surface area contributed by atoms with Gasteiger partial charge in [-0.25, -0.2) is 0 Å². The van der Waals surface area contributed by atoms with Crippen LogP contribution in [0.4, 0.5) is 0 Å². The molecule has 17 heavy (non-hydrogen) atoms. The van der Waals surface area contributed by atoms with Crippen molar-refractivity contribution < 1.29 is 0 Å². The lowest BCUT2D eigenvalue weighted by molar-refractivity contribution is 0.110.